The van der Waals surface area contributed by atoms with Crippen LogP contribution in [0.5, 0.6) is 5.88 Å². The zero-order valence-electron chi connectivity index (χ0n) is 23.2. The summed E-state index contributed by atoms with van der Waals surface area (Å²) in [6.07, 6.45) is -5.65. The van der Waals surface area contributed by atoms with E-state index in [4.69, 9.17) is 37.5 Å². The van der Waals surface area contributed by atoms with E-state index in [0.717, 1.165) is 0 Å². The minimum Gasteiger partial charge on any atom is -0.480 e. The molecule has 12 nitrogen and oxygen atoms in total. The Bertz CT molecular complexity index is 1720. The highest BCUT2D eigenvalue weighted by atomic mass is 35.5. The van der Waals surface area contributed by atoms with Crippen molar-refractivity contribution < 1.29 is 40.8 Å². The van der Waals surface area contributed by atoms with E-state index < -0.39 is 40.3 Å². The third-order valence-corrected chi connectivity index (χ3v) is 6.85. The molecule has 2 aromatic carbocycles. The Morgan fingerprint density at radius 1 is 1.11 bits per heavy atom. The number of carbonyl (C=O) groups is 1. The molecule has 0 unspecified atom stereocenters. The van der Waals surface area contributed by atoms with Crippen molar-refractivity contribution in [2.75, 3.05) is 11.5 Å². The number of aryl methyl sites for hydroxylation is 1. The number of halogens is 4. The Hall–Kier alpha value is -4.25. The molecule has 6 N–H and O–H groups in total. The first-order chi connectivity index (χ1) is 20.5. The second-order valence-corrected chi connectivity index (χ2v) is 11.5. The molecule has 17 heteroatoms. The molecule has 2 heterocycles. The third kappa shape index (κ3) is 9.63. The quantitative estimate of drug-likeness (QED) is 0.186. The molecule has 2 atom stereocenters. The van der Waals surface area contributed by atoms with Crippen molar-refractivity contribution in [1.29, 1.82) is 0 Å². The molecule has 0 aliphatic heterocycles. The normalized spacial score (nSPS) is 13.0. The van der Waals surface area contributed by atoms with E-state index in [1.807, 2.05) is 0 Å². The molecule has 4 aromatic rings. The summed E-state index contributed by atoms with van der Waals surface area (Å²) < 4.78 is 76.5. The van der Waals surface area contributed by atoms with Crippen molar-refractivity contribution in [3.8, 4) is 22.8 Å². The zero-order valence-corrected chi connectivity index (χ0v) is 24.8. The van der Waals surface area contributed by atoms with Crippen LogP contribution in [0.4, 0.5) is 19.1 Å². The van der Waals surface area contributed by atoms with Crippen LogP contribution in [0.15, 0.2) is 60.8 Å². The first kappa shape index (κ1) is 34.2. The van der Waals surface area contributed by atoms with Crippen molar-refractivity contribution in [3.05, 3.63) is 82.6 Å². The van der Waals surface area contributed by atoms with Gasteiger partial charge >= 0.3 is 12.1 Å². The van der Waals surface area contributed by atoms with Crippen molar-refractivity contribution in [1.82, 2.24) is 19.7 Å². The van der Waals surface area contributed by atoms with E-state index >= 15 is 0 Å². The van der Waals surface area contributed by atoms with Crippen molar-refractivity contribution in [2.24, 2.45) is 5.73 Å². The second-order valence-electron chi connectivity index (χ2n) is 9.31. The Morgan fingerprint density at radius 3 is 2.27 bits per heavy atom. The van der Waals surface area contributed by atoms with Gasteiger partial charge in [-0.3, -0.25) is 9.35 Å². The number of hydrogen-bond acceptors (Lipinski definition) is 9. The van der Waals surface area contributed by atoms with Gasteiger partial charge in [0.15, 0.2) is 0 Å². The minimum absolute atomic E-state index is 0.0883. The van der Waals surface area contributed by atoms with Gasteiger partial charge in [0, 0.05) is 28.4 Å². The van der Waals surface area contributed by atoms with E-state index in [0.29, 0.717) is 16.8 Å². The highest BCUT2D eigenvalue weighted by Gasteiger charge is 2.45. The largest absolute Gasteiger partial charge is 0.480 e. The molecule has 0 saturated heterocycles. The lowest BCUT2D eigenvalue weighted by atomic mass is 10.0. The van der Waals surface area contributed by atoms with Gasteiger partial charge in [-0.2, -0.15) is 31.7 Å². The van der Waals surface area contributed by atoms with Crippen LogP contribution in [0.2, 0.25) is 5.02 Å². The maximum atomic E-state index is 14.3. The lowest BCUT2D eigenvalue weighted by molar-refractivity contribution is -0.198. The van der Waals surface area contributed by atoms with Crippen LogP contribution in [0, 0.1) is 6.92 Å². The highest BCUT2D eigenvalue weighted by molar-refractivity contribution is 7.85. The van der Waals surface area contributed by atoms with Crippen LogP contribution in [0.25, 0.3) is 16.9 Å². The summed E-state index contributed by atoms with van der Waals surface area (Å²) in [5.41, 5.74) is 13.2. The van der Waals surface area contributed by atoms with Crippen LogP contribution in [-0.4, -0.2) is 61.8 Å². The summed E-state index contributed by atoms with van der Waals surface area (Å²) in [7, 11) is -3.66. The number of rotatable bonds is 9. The van der Waals surface area contributed by atoms with E-state index in [2.05, 4.69) is 15.1 Å². The summed E-state index contributed by atoms with van der Waals surface area (Å²) in [6.45, 7) is 3.08. The number of anilines is 1. The molecule has 0 spiro atoms. The second kappa shape index (κ2) is 14.0. The predicted octanol–water partition coefficient (Wildman–Crippen LogP) is 4.40. The van der Waals surface area contributed by atoms with E-state index in [1.54, 1.807) is 37.3 Å². The summed E-state index contributed by atoms with van der Waals surface area (Å²) in [5, 5.41) is 13.4. The molecule has 0 fully saturated rings. The Labute approximate surface area is 255 Å². The number of aliphatic carboxylic acids is 1. The molecule has 0 saturated carbocycles. The van der Waals surface area contributed by atoms with Crippen molar-refractivity contribution in [2.45, 2.75) is 38.6 Å². The summed E-state index contributed by atoms with van der Waals surface area (Å²) >= 11 is 6.08. The molecule has 4 rings (SSSR count). The predicted molar refractivity (Wildman–Crippen MR) is 156 cm³/mol. The van der Waals surface area contributed by atoms with Crippen LogP contribution >= 0.6 is 11.6 Å². The van der Waals surface area contributed by atoms with Crippen molar-refractivity contribution in [3.63, 3.8) is 0 Å². The average Bonchev–Trinajstić information content (AvgIpc) is 3.37. The Balaban J connectivity index is 0.000000801. The summed E-state index contributed by atoms with van der Waals surface area (Å²) in [6, 6.07) is 12.2. The number of carboxylic acid groups (broad SMARTS) is 1. The number of nitrogen functional groups attached to an aromatic ring is 1. The van der Waals surface area contributed by atoms with Crippen LogP contribution in [0.1, 0.15) is 29.8 Å². The SMILES string of the molecule is CCS(=O)(=O)O.Cc1ccn(-c2cc(Cl)ccc2[C@@H](Oc2cc(-c3ccc(C[C@H](N)C(=O)O)cc3)nc(N)n2)C(F)(F)F)n1. The fourth-order valence-corrected chi connectivity index (χ4v) is 3.88. The van der Waals surface area contributed by atoms with Crippen LogP contribution < -0.4 is 16.2 Å². The molecule has 0 radical (unpaired) electrons. The lowest BCUT2D eigenvalue weighted by Crippen LogP contribution is -2.32. The van der Waals surface area contributed by atoms with E-state index in [9.17, 15) is 26.4 Å². The van der Waals surface area contributed by atoms with Gasteiger partial charge in [0.05, 0.1) is 22.8 Å². The molecule has 2 aromatic heterocycles. The highest BCUT2D eigenvalue weighted by Crippen LogP contribution is 2.40. The molecular formula is C27H28ClF3N6O6S. The summed E-state index contributed by atoms with van der Waals surface area (Å²) in [5.74, 6) is -2.03. The van der Waals surface area contributed by atoms with Gasteiger partial charge in [0.25, 0.3) is 10.1 Å². The van der Waals surface area contributed by atoms with Gasteiger partial charge in [-0.1, -0.05) is 41.9 Å². The van der Waals surface area contributed by atoms with E-state index in [1.165, 1.54) is 42.1 Å². The Kier molecular flexibility index (Phi) is 10.9. The third-order valence-electron chi connectivity index (χ3n) is 5.89. The fourth-order valence-electron chi connectivity index (χ4n) is 3.72. The molecule has 0 aliphatic rings. The van der Waals surface area contributed by atoms with Crippen LogP contribution in [0.3, 0.4) is 0 Å². The number of ether oxygens (including phenoxy) is 1. The monoisotopic (exact) mass is 656 g/mol. The average molecular weight is 657 g/mol. The number of nitrogens with zero attached hydrogens (tertiary/aromatic N) is 4. The topological polar surface area (TPSA) is 197 Å². The van der Waals surface area contributed by atoms with E-state index in [-0.39, 0.29) is 40.1 Å². The molecular weight excluding hydrogens is 629 g/mol. The number of carboxylic acids is 1. The smallest absolute Gasteiger partial charge is 0.429 e. The minimum atomic E-state index is -4.84. The number of alkyl halides is 3. The maximum Gasteiger partial charge on any atom is 0.429 e. The maximum absolute atomic E-state index is 14.3. The first-order valence-electron chi connectivity index (χ1n) is 12.7. The van der Waals surface area contributed by atoms with Gasteiger partial charge in [-0.15, -0.1) is 0 Å². The standard InChI is InChI=1S/C25H22ClF3N6O3.C2H6O3S/c1-13-8-9-35(34-13)20-11-16(26)6-7-17(20)22(25(27,28)29)38-21-12-19(32-24(31)33-21)15-4-2-14(3-5-15)10-18(30)23(36)37;1-2-6(3,4)5/h2-9,11-12,18,22H,10,30H2,1H3,(H,36,37)(H2,31,32,33);2H2,1H3,(H,3,4,5)/t18-,22+;/m0./s1. The van der Waals surface area contributed by atoms with Gasteiger partial charge in [0.1, 0.15) is 6.04 Å². The number of aromatic nitrogens is 4. The molecule has 0 aliphatic carbocycles. The van der Waals surface area contributed by atoms with Crippen LogP contribution in [-0.2, 0) is 21.3 Å². The number of nitrogens with two attached hydrogens (primary N) is 2. The fraction of sp³-hybridized carbons (Fsp3) is 0.259. The first-order valence-corrected chi connectivity index (χ1v) is 14.7. The molecule has 0 bridgehead atoms. The Morgan fingerprint density at radius 2 is 1.75 bits per heavy atom. The molecule has 236 valence electrons. The molecule has 44 heavy (non-hydrogen) atoms. The number of benzene rings is 2. The number of hydrogen-bond donors (Lipinski definition) is 4. The summed E-state index contributed by atoms with van der Waals surface area (Å²) in [4.78, 5) is 18.9. The van der Waals surface area contributed by atoms with Gasteiger partial charge in [-0.05, 0) is 44.0 Å². The van der Waals surface area contributed by atoms with Gasteiger partial charge in [-0.25, -0.2) is 9.67 Å². The van der Waals surface area contributed by atoms with Gasteiger partial charge < -0.3 is 21.3 Å². The zero-order chi connectivity index (χ0) is 32.8. The van der Waals surface area contributed by atoms with Crippen molar-refractivity contribution >= 4 is 33.6 Å². The lowest BCUT2D eigenvalue weighted by Gasteiger charge is -2.24. The van der Waals surface area contributed by atoms with Gasteiger partial charge in [0.2, 0.25) is 17.9 Å². The molecule has 0 amide bonds.